The van der Waals surface area contributed by atoms with Gasteiger partial charge in [0.25, 0.3) is 0 Å². The molecule has 2 aliphatic rings. The van der Waals surface area contributed by atoms with Gasteiger partial charge in [-0.15, -0.1) is 0 Å². The summed E-state index contributed by atoms with van der Waals surface area (Å²) in [5.74, 6) is -0.342. The second-order valence-corrected chi connectivity index (χ2v) is 8.12. The number of amides is 2. The number of rotatable bonds is 4. The predicted octanol–water partition coefficient (Wildman–Crippen LogP) is 3.47. The summed E-state index contributed by atoms with van der Waals surface area (Å²) in [6, 6.07) is 7.63. The van der Waals surface area contributed by atoms with Crippen molar-refractivity contribution in [2.75, 3.05) is 0 Å². The van der Waals surface area contributed by atoms with E-state index in [1.807, 2.05) is 41.3 Å². The Bertz CT molecular complexity index is 849. The van der Waals surface area contributed by atoms with Crippen LogP contribution in [0.5, 0.6) is 0 Å². The van der Waals surface area contributed by atoms with Crippen LogP contribution in [0.4, 0.5) is 0 Å². The summed E-state index contributed by atoms with van der Waals surface area (Å²) in [6.07, 6.45) is 11.1. The van der Waals surface area contributed by atoms with Crippen LogP contribution in [0.2, 0.25) is 0 Å². The molecular weight excluding hydrogens is 394 g/mol. The normalized spacial score (nSPS) is 24.0. The van der Waals surface area contributed by atoms with Gasteiger partial charge in [0, 0.05) is 26.3 Å². The number of hydrogen-bond acceptors (Lipinski definition) is 5. The summed E-state index contributed by atoms with van der Waals surface area (Å²) in [4.78, 5) is 38.4. The summed E-state index contributed by atoms with van der Waals surface area (Å²) in [6.45, 7) is 1.85. The van der Waals surface area contributed by atoms with E-state index in [-0.39, 0.29) is 29.9 Å². The SMILES string of the molecule is CC(=O)N/N=C/c1cccc(CN2C(=O)CC/C=C/CCC(=O)O[C@@H]3CCCC[C@H]32)c1. The maximum absolute atomic E-state index is 13.2. The standard InChI is InChI=1S/C24H31N3O4/c1-18(28)26-25-16-19-9-8-10-20(15-19)17-27-21-11-6-7-12-22(21)31-24(30)14-5-3-2-4-13-23(27)29/h2-3,8-10,15-16,21-22H,4-7,11-14,17H2,1H3,(H,26,28)/b3-2+,25-16+/t21-,22-/m1/s1. The minimum absolute atomic E-state index is 0.0792. The number of allylic oxidation sites excluding steroid dienone is 2. The topological polar surface area (TPSA) is 88.1 Å². The molecule has 0 unspecified atom stereocenters. The van der Waals surface area contributed by atoms with E-state index in [0.717, 1.165) is 36.8 Å². The number of hydrazone groups is 1. The fourth-order valence-corrected chi connectivity index (χ4v) is 4.14. The van der Waals surface area contributed by atoms with Crippen molar-refractivity contribution in [2.24, 2.45) is 5.10 Å². The highest BCUT2D eigenvalue weighted by molar-refractivity contribution is 5.82. The smallest absolute Gasteiger partial charge is 0.306 e. The minimum atomic E-state index is -0.252. The maximum atomic E-state index is 13.2. The predicted molar refractivity (Wildman–Crippen MR) is 118 cm³/mol. The fourth-order valence-electron chi connectivity index (χ4n) is 4.14. The summed E-state index contributed by atoms with van der Waals surface area (Å²) in [5, 5.41) is 3.92. The van der Waals surface area contributed by atoms with Gasteiger partial charge in [0.15, 0.2) is 0 Å². The third-order valence-electron chi connectivity index (χ3n) is 5.62. The van der Waals surface area contributed by atoms with E-state index in [9.17, 15) is 14.4 Å². The van der Waals surface area contributed by atoms with Gasteiger partial charge >= 0.3 is 5.97 Å². The quantitative estimate of drug-likeness (QED) is 0.346. The Hall–Kier alpha value is -2.96. The Labute approximate surface area is 183 Å². The number of carbonyl (C=O) groups excluding carboxylic acids is 3. The van der Waals surface area contributed by atoms with Crippen molar-refractivity contribution in [3.63, 3.8) is 0 Å². The molecule has 1 aliphatic carbocycles. The van der Waals surface area contributed by atoms with Crippen molar-refractivity contribution in [2.45, 2.75) is 77.0 Å². The molecule has 31 heavy (non-hydrogen) atoms. The molecule has 166 valence electrons. The lowest BCUT2D eigenvalue weighted by atomic mass is 9.90. The Morgan fingerprint density at radius 1 is 1.19 bits per heavy atom. The van der Waals surface area contributed by atoms with Crippen LogP contribution in [0.15, 0.2) is 41.5 Å². The van der Waals surface area contributed by atoms with Gasteiger partial charge in [0.05, 0.1) is 12.3 Å². The molecule has 0 saturated heterocycles. The summed E-state index contributed by atoms with van der Waals surface area (Å²) < 4.78 is 5.81. The van der Waals surface area contributed by atoms with Gasteiger partial charge in [-0.05, 0) is 49.3 Å². The zero-order valence-corrected chi connectivity index (χ0v) is 18.1. The average molecular weight is 426 g/mol. The second-order valence-electron chi connectivity index (χ2n) is 8.12. The summed E-state index contributed by atoms with van der Waals surface area (Å²) in [7, 11) is 0. The Kier molecular flexibility index (Phi) is 8.38. The first-order valence-electron chi connectivity index (χ1n) is 11.1. The molecule has 0 radical (unpaired) electrons. The Morgan fingerprint density at radius 3 is 2.77 bits per heavy atom. The Balaban J connectivity index is 1.82. The van der Waals surface area contributed by atoms with Crippen molar-refractivity contribution in [3.8, 4) is 0 Å². The molecule has 7 heteroatoms. The molecule has 2 atom stereocenters. The maximum Gasteiger partial charge on any atom is 0.306 e. The number of benzene rings is 1. The fraction of sp³-hybridized carbons (Fsp3) is 0.500. The molecule has 0 bridgehead atoms. The number of fused-ring (bicyclic) bond motifs is 1. The molecular formula is C24H31N3O4. The molecule has 1 N–H and O–H groups in total. The van der Waals surface area contributed by atoms with Crippen molar-refractivity contribution < 1.29 is 19.1 Å². The highest BCUT2D eigenvalue weighted by Gasteiger charge is 2.35. The number of nitrogens with zero attached hydrogens (tertiary/aromatic N) is 2. The molecule has 3 rings (SSSR count). The van der Waals surface area contributed by atoms with Crippen molar-refractivity contribution in [3.05, 3.63) is 47.5 Å². The zero-order chi connectivity index (χ0) is 22.1. The van der Waals surface area contributed by atoms with Crippen LogP contribution in [0.25, 0.3) is 0 Å². The summed E-state index contributed by atoms with van der Waals surface area (Å²) >= 11 is 0. The van der Waals surface area contributed by atoms with Crippen LogP contribution in [-0.4, -0.2) is 41.0 Å². The van der Waals surface area contributed by atoms with Gasteiger partial charge in [-0.2, -0.15) is 5.10 Å². The number of nitrogens with one attached hydrogen (secondary N) is 1. The zero-order valence-electron chi connectivity index (χ0n) is 18.1. The molecule has 0 aromatic heterocycles. The lowest BCUT2D eigenvalue weighted by molar-refractivity contribution is -0.159. The highest BCUT2D eigenvalue weighted by atomic mass is 16.5. The van der Waals surface area contributed by atoms with Gasteiger partial charge in [0.2, 0.25) is 11.8 Å². The molecule has 7 nitrogen and oxygen atoms in total. The van der Waals surface area contributed by atoms with Crippen LogP contribution in [0, 0.1) is 0 Å². The van der Waals surface area contributed by atoms with E-state index in [4.69, 9.17) is 4.74 Å². The third kappa shape index (κ3) is 7.05. The number of ether oxygens (including phenoxy) is 1. The van der Waals surface area contributed by atoms with Crippen molar-refractivity contribution in [1.82, 2.24) is 10.3 Å². The van der Waals surface area contributed by atoms with E-state index < -0.39 is 0 Å². The molecule has 1 fully saturated rings. The lowest BCUT2D eigenvalue weighted by Crippen LogP contribution is -2.49. The largest absolute Gasteiger partial charge is 0.460 e. The molecule has 1 heterocycles. The molecule has 1 aromatic rings. The van der Waals surface area contributed by atoms with E-state index in [1.165, 1.54) is 6.92 Å². The number of carbonyl (C=O) groups is 3. The number of esters is 1. The first-order chi connectivity index (χ1) is 15.0. The lowest BCUT2D eigenvalue weighted by Gasteiger charge is -2.39. The monoisotopic (exact) mass is 425 g/mol. The molecule has 0 spiro atoms. The van der Waals surface area contributed by atoms with Crippen LogP contribution >= 0.6 is 0 Å². The van der Waals surface area contributed by atoms with Gasteiger partial charge in [-0.3, -0.25) is 14.4 Å². The van der Waals surface area contributed by atoms with Crippen LogP contribution in [-0.2, 0) is 25.7 Å². The Morgan fingerprint density at radius 2 is 1.97 bits per heavy atom. The first-order valence-corrected chi connectivity index (χ1v) is 11.1. The van der Waals surface area contributed by atoms with Crippen molar-refractivity contribution >= 4 is 24.0 Å². The van der Waals surface area contributed by atoms with E-state index in [1.54, 1.807) is 6.21 Å². The number of hydrogen-bond donors (Lipinski definition) is 1. The van der Waals surface area contributed by atoms with Gasteiger partial charge in [-0.25, -0.2) is 5.43 Å². The molecule has 1 saturated carbocycles. The third-order valence-corrected chi connectivity index (χ3v) is 5.62. The van der Waals surface area contributed by atoms with Gasteiger partial charge < -0.3 is 9.64 Å². The van der Waals surface area contributed by atoms with E-state index in [0.29, 0.717) is 32.2 Å². The second kappa shape index (κ2) is 11.4. The first kappa shape index (κ1) is 22.7. The van der Waals surface area contributed by atoms with Crippen LogP contribution < -0.4 is 5.43 Å². The average Bonchev–Trinajstić information content (AvgIpc) is 2.74. The molecule has 1 aromatic carbocycles. The molecule has 2 amide bonds. The van der Waals surface area contributed by atoms with E-state index in [2.05, 4.69) is 10.5 Å². The van der Waals surface area contributed by atoms with Crippen LogP contribution in [0.1, 0.15) is 69.4 Å². The van der Waals surface area contributed by atoms with Gasteiger partial charge in [-0.1, -0.05) is 36.8 Å². The van der Waals surface area contributed by atoms with Crippen LogP contribution in [0.3, 0.4) is 0 Å². The summed E-state index contributed by atoms with van der Waals surface area (Å²) in [5.41, 5.74) is 4.20. The minimum Gasteiger partial charge on any atom is -0.460 e. The van der Waals surface area contributed by atoms with E-state index >= 15 is 0 Å². The highest BCUT2D eigenvalue weighted by Crippen LogP contribution is 2.28. The van der Waals surface area contributed by atoms with Crippen molar-refractivity contribution in [1.29, 1.82) is 0 Å². The molecule has 1 aliphatic heterocycles. The van der Waals surface area contributed by atoms with Gasteiger partial charge in [0.1, 0.15) is 6.10 Å².